The number of nitrogens with one attached hydrogen (secondary N) is 1. The summed E-state index contributed by atoms with van der Waals surface area (Å²) in [6.07, 6.45) is 0.0233. The van der Waals surface area contributed by atoms with Gasteiger partial charge in [0.1, 0.15) is 0 Å². The number of halogens is 3. The van der Waals surface area contributed by atoms with E-state index in [4.69, 9.17) is 44.3 Å². The molecule has 10 heteroatoms. The molecule has 0 unspecified atom stereocenters. The van der Waals surface area contributed by atoms with E-state index in [1.54, 1.807) is 0 Å². The quantitative estimate of drug-likeness (QED) is 0.303. The van der Waals surface area contributed by atoms with Crippen molar-refractivity contribution in [1.82, 2.24) is 15.1 Å². The second-order valence-corrected chi connectivity index (χ2v) is 13.1. The fourth-order valence-corrected chi connectivity index (χ4v) is 5.57. The Morgan fingerprint density at radius 3 is 2.07 bits per heavy atom. The van der Waals surface area contributed by atoms with E-state index in [1.807, 2.05) is 48.5 Å². The monoisotopic (exact) mass is 631 g/mol. The van der Waals surface area contributed by atoms with Gasteiger partial charge in [0.2, 0.25) is 0 Å². The Morgan fingerprint density at radius 2 is 1.43 bits per heavy atom. The van der Waals surface area contributed by atoms with Crippen LogP contribution in [0.15, 0.2) is 78.9 Å². The molecule has 3 aromatic carbocycles. The number of aliphatic hydroxyl groups is 1. The average molecular weight is 633 g/mol. The molecule has 3 aromatic rings. The minimum atomic E-state index is -2.00. The third-order valence-electron chi connectivity index (χ3n) is 7.75. The predicted molar refractivity (Wildman–Crippen MR) is 165 cm³/mol. The average Bonchev–Trinajstić information content (AvgIpc) is 3.01. The van der Waals surface area contributed by atoms with Crippen LogP contribution in [0.4, 0.5) is 0 Å². The highest BCUT2D eigenvalue weighted by atomic mass is 35.6. The molecule has 0 bridgehead atoms. The number of benzene rings is 3. The van der Waals surface area contributed by atoms with Gasteiger partial charge in [0.05, 0.1) is 18.8 Å². The van der Waals surface area contributed by atoms with Crippen LogP contribution in [-0.2, 0) is 34.0 Å². The lowest BCUT2D eigenvalue weighted by Crippen LogP contribution is -2.49. The van der Waals surface area contributed by atoms with Crippen molar-refractivity contribution in [3.05, 3.63) is 107 Å². The van der Waals surface area contributed by atoms with Gasteiger partial charge in [0.15, 0.2) is 6.29 Å². The van der Waals surface area contributed by atoms with Crippen molar-refractivity contribution in [1.29, 1.82) is 0 Å². The summed E-state index contributed by atoms with van der Waals surface area (Å²) in [5.41, 5.74) is 5.02. The Balaban J connectivity index is 1.23. The minimum absolute atomic E-state index is 0.00484. The van der Waals surface area contributed by atoms with Gasteiger partial charge in [-0.2, -0.15) is 0 Å². The number of amides is 1. The Labute approximate surface area is 262 Å². The van der Waals surface area contributed by atoms with E-state index in [-0.39, 0.29) is 25.4 Å². The van der Waals surface area contributed by atoms with E-state index >= 15 is 0 Å². The van der Waals surface area contributed by atoms with Crippen LogP contribution in [0.3, 0.4) is 0 Å². The highest BCUT2D eigenvalue weighted by Crippen LogP contribution is 2.38. The number of carbonyl (C=O) groups is 1. The number of alkyl halides is 3. The first-order chi connectivity index (χ1) is 20.3. The van der Waals surface area contributed by atoms with E-state index < -0.39 is 16.0 Å². The molecule has 3 atom stereocenters. The molecule has 42 heavy (non-hydrogen) atoms. The molecule has 2 N–H and O–H groups in total. The van der Waals surface area contributed by atoms with Crippen molar-refractivity contribution in [2.24, 2.45) is 0 Å². The van der Waals surface area contributed by atoms with Crippen molar-refractivity contribution in [2.75, 3.05) is 32.7 Å². The molecule has 2 aliphatic rings. The number of nitrogens with zero attached hydrogens (tertiary/aromatic N) is 2. The normalized spacial score (nSPS) is 22.1. The molecule has 2 saturated heterocycles. The number of piperazine rings is 1. The summed E-state index contributed by atoms with van der Waals surface area (Å²) in [4.78, 5) is 16.9. The smallest absolute Gasteiger partial charge is 0.272 e. The summed E-state index contributed by atoms with van der Waals surface area (Å²) < 4.78 is 11.0. The highest BCUT2D eigenvalue weighted by Gasteiger charge is 2.34. The number of rotatable bonds is 9. The first-order valence-electron chi connectivity index (χ1n) is 14.2. The maximum absolute atomic E-state index is 11.9. The van der Waals surface area contributed by atoms with Crippen molar-refractivity contribution >= 4 is 40.7 Å². The molecule has 0 aliphatic carbocycles. The topological polar surface area (TPSA) is 74.3 Å². The van der Waals surface area contributed by atoms with E-state index in [1.165, 1.54) is 5.56 Å². The summed E-state index contributed by atoms with van der Waals surface area (Å²) in [7, 11) is 0. The lowest BCUT2D eigenvalue weighted by Gasteiger charge is -2.40. The van der Waals surface area contributed by atoms with Crippen molar-refractivity contribution < 1.29 is 19.4 Å². The number of ether oxygens (including phenoxy) is 2. The Morgan fingerprint density at radius 1 is 0.810 bits per heavy atom. The van der Waals surface area contributed by atoms with Crippen LogP contribution >= 0.6 is 34.8 Å². The highest BCUT2D eigenvalue weighted by molar-refractivity contribution is 6.76. The zero-order valence-electron chi connectivity index (χ0n) is 23.3. The van der Waals surface area contributed by atoms with Gasteiger partial charge in [-0.15, -0.1) is 0 Å². The van der Waals surface area contributed by atoms with Crippen LogP contribution in [-0.4, -0.2) is 63.4 Å². The molecule has 5 rings (SSSR count). The molecule has 0 radical (unpaired) electrons. The third-order valence-corrected chi connectivity index (χ3v) is 8.27. The summed E-state index contributed by atoms with van der Waals surface area (Å²) in [5.74, 6) is -0.672. The first kappa shape index (κ1) is 31.2. The van der Waals surface area contributed by atoms with E-state index in [2.05, 4.69) is 45.4 Å². The largest absolute Gasteiger partial charge is 0.392 e. The van der Waals surface area contributed by atoms with Crippen molar-refractivity contribution in [3.63, 3.8) is 0 Å². The van der Waals surface area contributed by atoms with E-state index in [9.17, 15) is 9.90 Å². The fraction of sp³-hybridized carbons (Fsp3) is 0.406. The van der Waals surface area contributed by atoms with Crippen LogP contribution in [0.25, 0.3) is 0 Å². The lowest BCUT2D eigenvalue weighted by atomic mass is 9.99. The summed E-state index contributed by atoms with van der Waals surface area (Å²) in [6, 6.07) is 26.2. The van der Waals surface area contributed by atoms with Crippen molar-refractivity contribution in [2.45, 2.75) is 48.4 Å². The number of hydrogen-bond donors (Lipinski definition) is 2. The van der Waals surface area contributed by atoms with Gasteiger partial charge in [0, 0.05) is 57.8 Å². The maximum Gasteiger partial charge on any atom is 0.272 e. The molecule has 2 aliphatic heterocycles. The maximum atomic E-state index is 11.9. The van der Waals surface area contributed by atoms with E-state index in [0.29, 0.717) is 0 Å². The van der Waals surface area contributed by atoms with Crippen molar-refractivity contribution in [3.8, 4) is 0 Å². The van der Waals surface area contributed by atoms with Gasteiger partial charge in [-0.1, -0.05) is 114 Å². The third kappa shape index (κ3) is 8.68. The molecule has 2 heterocycles. The number of hydrogen-bond acceptors (Lipinski definition) is 6. The lowest BCUT2D eigenvalue weighted by molar-refractivity contribution is -0.253. The second kappa shape index (κ2) is 14.5. The van der Waals surface area contributed by atoms with E-state index in [0.717, 1.165) is 67.9 Å². The van der Waals surface area contributed by atoms with Crippen LogP contribution in [0.5, 0.6) is 0 Å². The molecular weight excluding hydrogens is 597 g/mol. The van der Waals surface area contributed by atoms with Gasteiger partial charge in [-0.05, 0) is 22.3 Å². The molecule has 1 amide bonds. The van der Waals surface area contributed by atoms with Gasteiger partial charge < -0.3 is 19.9 Å². The molecule has 7 nitrogen and oxygen atoms in total. The zero-order valence-corrected chi connectivity index (χ0v) is 25.6. The fourth-order valence-electron chi connectivity index (χ4n) is 5.37. The van der Waals surface area contributed by atoms with Gasteiger partial charge in [0.25, 0.3) is 9.70 Å². The van der Waals surface area contributed by atoms with Crippen LogP contribution in [0.1, 0.15) is 46.6 Å². The van der Waals surface area contributed by atoms with Crippen LogP contribution < -0.4 is 5.32 Å². The summed E-state index contributed by atoms with van der Waals surface area (Å²) >= 11 is 16.9. The SMILES string of the molecule is O=C(NCc1ccc([C@@H]2O[C@H](CN3CCN(Cc4ccccc4)CC3)C[C@H](c3ccc(CO)cc3)O2)cc1)C(Cl)(Cl)Cl. The summed E-state index contributed by atoms with van der Waals surface area (Å²) in [5, 5.41) is 12.1. The molecule has 224 valence electrons. The molecule has 0 saturated carbocycles. The Hall–Kier alpha value is -2.20. The molecule has 0 spiro atoms. The Kier molecular flexibility index (Phi) is 10.8. The first-order valence-corrected chi connectivity index (χ1v) is 15.3. The van der Waals surface area contributed by atoms with Crippen LogP contribution in [0, 0.1) is 0 Å². The van der Waals surface area contributed by atoms with Gasteiger partial charge in [-0.25, -0.2) is 0 Å². The van der Waals surface area contributed by atoms with Gasteiger partial charge >= 0.3 is 0 Å². The molecular formula is C32H36Cl3N3O4. The second-order valence-electron chi connectivity index (χ2n) is 10.8. The van der Waals surface area contributed by atoms with Gasteiger partial charge in [-0.3, -0.25) is 14.6 Å². The predicted octanol–water partition coefficient (Wildman–Crippen LogP) is 5.53. The minimum Gasteiger partial charge on any atom is -0.392 e. The number of aliphatic hydroxyl groups excluding tert-OH is 1. The standard InChI is InChI=1S/C32H36Cl3N3O4/c33-32(34,35)31(40)36-19-23-6-12-27(13-7-23)30-41-28(18-29(42-30)26-10-8-25(22-39)9-11-26)21-38-16-14-37(15-17-38)20-24-4-2-1-3-5-24/h1-13,28-30,39H,14-22H2,(H,36,40)/t28-,29+,30+/m0/s1. The number of carbonyl (C=O) groups excluding carboxylic acids is 1. The Bertz CT molecular complexity index is 1280. The zero-order chi connectivity index (χ0) is 29.5. The molecule has 0 aromatic heterocycles. The summed E-state index contributed by atoms with van der Waals surface area (Å²) in [6.45, 7) is 6.05. The molecule has 2 fully saturated rings. The van der Waals surface area contributed by atoms with Crippen LogP contribution in [0.2, 0.25) is 0 Å².